The van der Waals surface area contributed by atoms with E-state index in [0.717, 1.165) is 0 Å². The van der Waals surface area contributed by atoms with Crippen LogP contribution < -0.4 is 5.11 Å². The molecule has 3 heteroatoms. The fourth-order valence-corrected chi connectivity index (χ4v) is 0.112. The Balaban J connectivity index is 3.45. The van der Waals surface area contributed by atoms with Gasteiger partial charge in [0, 0.05) is 0 Å². The zero-order valence-corrected chi connectivity index (χ0v) is 3.47. The molecule has 0 heterocycles. The molecule has 0 aliphatic rings. The summed E-state index contributed by atoms with van der Waals surface area (Å²) in [4.78, 5) is 9.36. The first-order chi connectivity index (χ1) is 3.27. The van der Waals surface area contributed by atoms with Gasteiger partial charge in [-0.1, -0.05) is 5.92 Å². The van der Waals surface area contributed by atoms with Crippen molar-refractivity contribution in [3.05, 3.63) is 0 Å². The first kappa shape index (κ1) is 5.99. The number of carbonyl (C=O) groups excluding carboxylic acids is 1. The third kappa shape index (κ3) is 4.99. The molecule has 0 amide bonds. The van der Waals surface area contributed by atoms with Gasteiger partial charge in [0.25, 0.3) is 0 Å². The number of hydrogen-bond acceptors (Lipinski definition) is 3. The highest BCUT2D eigenvalue weighted by Crippen LogP contribution is 1.48. The fourth-order valence-electron chi connectivity index (χ4n) is 0.112. The molecule has 0 bridgehead atoms. The number of carboxylic acids is 1. The zero-order chi connectivity index (χ0) is 5.70. The van der Waals surface area contributed by atoms with Gasteiger partial charge in [-0.05, 0) is 5.92 Å². The van der Waals surface area contributed by atoms with E-state index in [9.17, 15) is 9.90 Å². The molecule has 3 nitrogen and oxygen atoms in total. The topological polar surface area (TPSA) is 60.4 Å². The van der Waals surface area contributed by atoms with Crippen LogP contribution in [0.15, 0.2) is 0 Å². The molecule has 38 valence electrons. The molecule has 0 spiro atoms. The summed E-state index contributed by atoms with van der Waals surface area (Å²) >= 11 is 0. The van der Waals surface area contributed by atoms with E-state index in [2.05, 4.69) is 0 Å². The van der Waals surface area contributed by atoms with Crippen molar-refractivity contribution in [1.82, 2.24) is 0 Å². The Labute approximate surface area is 40.6 Å². The zero-order valence-electron chi connectivity index (χ0n) is 3.47. The number of carbonyl (C=O) groups is 1. The summed E-state index contributed by atoms with van der Waals surface area (Å²) in [5.41, 5.74) is 0. The SMILES string of the molecule is O=C([O-])C#CCO. The third-order valence-electron chi connectivity index (χ3n) is 0.270. The Hall–Kier alpha value is -1.01. The lowest BCUT2D eigenvalue weighted by molar-refractivity contribution is -0.295. The van der Waals surface area contributed by atoms with Gasteiger partial charge in [-0.2, -0.15) is 0 Å². The van der Waals surface area contributed by atoms with Crippen molar-refractivity contribution in [2.45, 2.75) is 0 Å². The van der Waals surface area contributed by atoms with Crippen LogP contribution in [0.25, 0.3) is 0 Å². The first-order valence-corrected chi connectivity index (χ1v) is 1.58. The molecule has 0 radical (unpaired) electrons. The van der Waals surface area contributed by atoms with Crippen molar-refractivity contribution in [2.75, 3.05) is 6.61 Å². The summed E-state index contributed by atoms with van der Waals surface area (Å²) in [5.74, 6) is 2.03. The average Bonchev–Trinajstić information content (AvgIpc) is 1.61. The minimum atomic E-state index is -1.46. The van der Waals surface area contributed by atoms with Crippen LogP contribution in [-0.4, -0.2) is 17.7 Å². The van der Waals surface area contributed by atoms with Crippen LogP contribution in [0.5, 0.6) is 0 Å². The van der Waals surface area contributed by atoms with E-state index in [1.807, 2.05) is 5.92 Å². The number of aliphatic hydroxyl groups excluding tert-OH is 1. The van der Waals surface area contributed by atoms with Crippen molar-refractivity contribution in [2.24, 2.45) is 0 Å². The van der Waals surface area contributed by atoms with E-state index < -0.39 is 12.6 Å². The maximum absolute atomic E-state index is 9.36. The number of hydrogen-bond donors (Lipinski definition) is 1. The lowest BCUT2D eigenvalue weighted by atomic mass is 10.6. The minimum absolute atomic E-state index is 0.437. The smallest absolute Gasteiger partial charge is 0.116 e. The van der Waals surface area contributed by atoms with Gasteiger partial charge in [0.05, 0.1) is 0 Å². The van der Waals surface area contributed by atoms with Crippen molar-refractivity contribution in [1.29, 1.82) is 0 Å². The standard InChI is InChI=1S/C4H4O3/c5-3-1-2-4(6)7/h5H,3H2,(H,6,7)/p-1. The van der Waals surface area contributed by atoms with Gasteiger partial charge in [-0.25, -0.2) is 0 Å². The van der Waals surface area contributed by atoms with E-state index >= 15 is 0 Å². The second-order valence-corrected chi connectivity index (χ2v) is 0.747. The third-order valence-corrected chi connectivity index (χ3v) is 0.270. The molecule has 0 aromatic rings. The van der Waals surface area contributed by atoms with Gasteiger partial charge in [0.2, 0.25) is 0 Å². The fraction of sp³-hybridized carbons (Fsp3) is 0.250. The lowest BCUT2D eigenvalue weighted by Gasteiger charge is -1.80. The Kier molecular flexibility index (Phi) is 2.73. The molecule has 0 atom stereocenters. The van der Waals surface area contributed by atoms with Crippen LogP contribution in [0, 0.1) is 11.8 Å². The van der Waals surface area contributed by atoms with Gasteiger partial charge in [0.1, 0.15) is 12.6 Å². The molecule has 0 saturated carbocycles. The first-order valence-electron chi connectivity index (χ1n) is 1.58. The van der Waals surface area contributed by atoms with E-state index in [-0.39, 0.29) is 0 Å². The van der Waals surface area contributed by atoms with Crippen molar-refractivity contribution >= 4 is 5.97 Å². The van der Waals surface area contributed by atoms with Crippen molar-refractivity contribution in [3.8, 4) is 11.8 Å². The van der Waals surface area contributed by atoms with Gasteiger partial charge in [0.15, 0.2) is 0 Å². The summed E-state index contributed by atoms with van der Waals surface area (Å²) < 4.78 is 0. The van der Waals surface area contributed by atoms with E-state index in [1.54, 1.807) is 5.92 Å². The number of rotatable bonds is 0. The number of carboxylic acid groups (broad SMARTS) is 1. The van der Waals surface area contributed by atoms with Gasteiger partial charge in [-0.3, -0.25) is 0 Å². The largest absolute Gasteiger partial charge is 0.537 e. The summed E-state index contributed by atoms with van der Waals surface area (Å²) in [6, 6.07) is 0. The van der Waals surface area contributed by atoms with Crippen LogP contribution in [0.1, 0.15) is 0 Å². The molecule has 0 aliphatic carbocycles. The summed E-state index contributed by atoms with van der Waals surface area (Å²) in [7, 11) is 0. The van der Waals surface area contributed by atoms with Crippen LogP contribution in [0.3, 0.4) is 0 Å². The molecule has 1 N–H and O–H groups in total. The lowest BCUT2D eigenvalue weighted by Crippen LogP contribution is -2.19. The molecular formula is C4H3O3-. The maximum atomic E-state index is 9.36. The Morgan fingerprint density at radius 3 is 2.57 bits per heavy atom. The molecule has 0 aromatic carbocycles. The van der Waals surface area contributed by atoms with Gasteiger partial charge < -0.3 is 15.0 Å². The molecule has 0 aromatic heterocycles. The molecular weight excluding hydrogens is 96.0 g/mol. The quantitative estimate of drug-likeness (QED) is 0.348. The highest BCUT2D eigenvalue weighted by atomic mass is 16.4. The van der Waals surface area contributed by atoms with Gasteiger partial charge >= 0.3 is 0 Å². The highest BCUT2D eigenvalue weighted by Gasteiger charge is 1.63. The summed E-state index contributed by atoms with van der Waals surface area (Å²) in [6.07, 6.45) is 0. The van der Waals surface area contributed by atoms with Crippen LogP contribution in [-0.2, 0) is 4.79 Å². The normalized spacial score (nSPS) is 6.43. The van der Waals surface area contributed by atoms with E-state index in [0.29, 0.717) is 0 Å². The van der Waals surface area contributed by atoms with Crippen LogP contribution in [0.2, 0.25) is 0 Å². The maximum Gasteiger partial charge on any atom is 0.116 e. The average molecular weight is 99.1 g/mol. The monoisotopic (exact) mass is 99.0 g/mol. The number of aliphatic hydroxyl groups is 1. The van der Waals surface area contributed by atoms with Crippen LogP contribution >= 0.6 is 0 Å². The highest BCUT2D eigenvalue weighted by molar-refractivity contribution is 5.84. The van der Waals surface area contributed by atoms with E-state index in [4.69, 9.17) is 5.11 Å². The number of aliphatic carboxylic acids is 1. The second-order valence-electron chi connectivity index (χ2n) is 0.747. The molecule has 0 saturated heterocycles. The van der Waals surface area contributed by atoms with Crippen LogP contribution in [0.4, 0.5) is 0 Å². The molecule has 7 heavy (non-hydrogen) atoms. The predicted molar refractivity (Wildman–Crippen MR) is 19.9 cm³/mol. The Morgan fingerprint density at radius 2 is 2.43 bits per heavy atom. The Morgan fingerprint density at radius 1 is 1.86 bits per heavy atom. The van der Waals surface area contributed by atoms with Crippen molar-refractivity contribution < 1.29 is 15.0 Å². The molecule has 0 fully saturated rings. The molecule has 0 aliphatic heterocycles. The summed E-state index contributed by atoms with van der Waals surface area (Å²) in [6.45, 7) is -0.437. The Bertz CT molecular complexity index is 117. The molecule has 0 rings (SSSR count). The minimum Gasteiger partial charge on any atom is -0.537 e. The van der Waals surface area contributed by atoms with E-state index in [1.165, 1.54) is 0 Å². The predicted octanol–water partition coefficient (Wildman–Crippen LogP) is -2.27. The molecule has 0 unspecified atom stereocenters. The van der Waals surface area contributed by atoms with Crippen molar-refractivity contribution in [3.63, 3.8) is 0 Å². The van der Waals surface area contributed by atoms with Gasteiger partial charge in [-0.15, -0.1) is 0 Å². The summed E-state index contributed by atoms with van der Waals surface area (Å²) in [5, 5.41) is 17.2. The second kappa shape index (κ2) is 3.19.